The first-order chi connectivity index (χ1) is 9.90. The van der Waals surface area contributed by atoms with Crippen molar-refractivity contribution in [3.05, 3.63) is 0 Å². The van der Waals surface area contributed by atoms with Crippen molar-refractivity contribution in [2.45, 2.75) is 72.6 Å². The van der Waals surface area contributed by atoms with Crippen LogP contribution in [0.5, 0.6) is 0 Å². The Kier molecular flexibility index (Phi) is 7.73. The second-order valence-corrected chi connectivity index (χ2v) is 7.22. The molecule has 0 rings (SSSR count). The molecule has 0 aromatic rings. The van der Waals surface area contributed by atoms with Gasteiger partial charge in [-0.15, -0.1) is 0 Å². The highest BCUT2D eigenvalue weighted by atomic mass is 16.6. The van der Waals surface area contributed by atoms with E-state index in [-0.39, 0.29) is 11.8 Å². The molecule has 0 saturated carbocycles. The summed E-state index contributed by atoms with van der Waals surface area (Å²) in [5.41, 5.74) is 5.08. The molecule has 0 unspecified atom stereocenters. The molecule has 0 aliphatic rings. The summed E-state index contributed by atoms with van der Waals surface area (Å²) in [5.74, 6) is -0.665. The van der Waals surface area contributed by atoms with E-state index in [1.165, 1.54) is 0 Å². The van der Waals surface area contributed by atoms with Crippen molar-refractivity contribution < 1.29 is 19.1 Å². The Labute approximate surface area is 133 Å². The first-order valence-electron chi connectivity index (χ1n) is 7.60. The van der Waals surface area contributed by atoms with Gasteiger partial charge in [0.15, 0.2) is 0 Å². The Morgan fingerprint density at radius 3 is 2.00 bits per heavy atom. The maximum Gasteiger partial charge on any atom is 0.417 e. The zero-order valence-corrected chi connectivity index (χ0v) is 14.7. The molecule has 0 fully saturated rings. The molecule has 1 radical (unpaired) electrons. The molecule has 0 saturated heterocycles. The van der Waals surface area contributed by atoms with Gasteiger partial charge in [0.2, 0.25) is 12.2 Å². The molecule has 0 aromatic heterocycles. The molecular weight excluding hydrogens is 284 g/mol. The molecule has 0 aliphatic carbocycles. The summed E-state index contributed by atoms with van der Waals surface area (Å²) in [6, 6.07) is -1.87. The fraction of sp³-hybridized carbons (Fsp3) is 0.812. The highest BCUT2D eigenvalue weighted by Gasteiger charge is 2.37. The largest absolute Gasteiger partial charge is 0.443 e. The van der Waals surface area contributed by atoms with Crippen LogP contribution in [-0.2, 0) is 14.3 Å². The van der Waals surface area contributed by atoms with E-state index in [4.69, 9.17) is 10.5 Å². The first-order valence-corrected chi connectivity index (χ1v) is 7.60. The van der Waals surface area contributed by atoms with E-state index < -0.39 is 29.7 Å². The third-order valence-electron chi connectivity index (χ3n) is 2.97. The summed E-state index contributed by atoms with van der Waals surface area (Å²) in [5, 5.41) is 0. The number of nitrogens with two attached hydrogens (primary N) is 1. The first kappa shape index (κ1) is 20.6. The van der Waals surface area contributed by atoms with Crippen molar-refractivity contribution in [2.24, 2.45) is 17.6 Å². The van der Waals surface area contributed by atoms with Crippen LogP contribution in [0.15, 0.2) is 0 Å². The molecule has 22 heavy (non-hydrogen) atoms. The van der Waals surface area contributed by atoms with Crippen molar-refractivity contribution >= 4 is 18.3 Å². The van der Waals surface area contributed by atoms with Crippen molar-refractivity contribution in [1.29, 1.82) is 0 Å². The van der Waals surface area contributed by atoms with Gasteiger partial charge in [-0.25, -0.2) is 9.69 Å². The summed E-state index contributed by atoms with van der Waals surface area (Å²) in [6.45, 7) is 12.4. The van der Waals surface area contributed by atoms with E-state index >= 15 is 0 Å². The SMILES string of the molecule is CC(C)C[C@@H]([C]=O)N(C(=O)OC(C)(C)C)C(=O)[C@@H](N)C(C)C. The number of carbonyl (C=O) groups excluding carboxylic acids is 3. The van der Waals surface area contributed by atoms with Crippen molar-refractivity contribution in [3.8, 4) is 0 Å². The predicted molar refractivity (Wildman–Crippen MR) is 84.8 cm³/mol. The maximum atomic E-state index is 12.5. The van der Waals surface area contributed by atoms with E-state index in [0.29, 0.717) is 6.42 Å². The molecule has 0 spiro atoms. The number of amides is 2. The number of imide groups is 1. The second-order valence-electron chi connectivity index (χ2n) is 7.22. The van der Waals surface area contributed by atoms with Gasteiger partial charge in [0, 0.05) is 0 Å². The Hall–Kier alpha value is -1.43. The molecule has 0 aromatic carbocycles. The monoisotopic (exact) mass is 313 g/mol. The normalized spacial score (nSPS) is 14.6. The second kappa shape index (κ2) is 8.27. The quantitative estimate of drug-likeness (QED) is 0.812. The Morgan fingerprint density at radius 2 is 1.68 bits per heavy atom. The molecule has 2 N–H and O–H groups in total. The lowest BCUT2D eigenvalue weighted by atomic mass is 10.00. The standard InChI is InChI=1S/C16H29N2O4/c1-10(2)8-12(9-19)18(14(20)13(17)11(3)4)15(21)22-16(5,6)7/h10-13H,8,17H2,1-7H3/t12-,13-/m0/s1. The Balaban J connectivity index is 5.51. The summed E-state index contributed by atoms with van der Waals surface area (Å²) in [6.07, 6.45) is 1.23. The summed E-state index contributed by atoms with van der Waals surface area (Å²) >= 11 is 0. The van der Waals surface area contributed by atoms with Gasteiger partial charge in [0.25, 0.3) is 0 Å². The zero-order valence-electron chi connectivity index (χ0n) is 14.7. The van der Waals surface area contributed by atoms with Crippen LogP contribution in [0.2, 0.25) is 0 Å². The zero-order chi connectivity index (χ0) is 17.7. The topological polar surface area (TPSA) is 89.7 Å². The van der Waals surface area contributed by atoms with E-state index in [9.17, 15) is 14.4 Å². The Bertz CT molecular complexity index is 399. The molecule has 6 heteroatoms. The number of hydrogen-bond donors (Lipinski definition) is 1. The highest BCUT2D eigenvalue weighted by Crippen LogP contribution is 2.18. The van der Waals surface area contributed by atoms with Crippen molar-refractivity contribution in [3.63, 3.8) is 0 Å². The molecule has 0 heterocycles. The number of nitrogens with zero attached hydrogens (tertiary/aromatic N) is 1. The van der Waals surface area contributed by atoms with Crippen LogP contribution in [0, 0.1) is 11.8 Å². The van der Waals surface area contributed by atoms with Crippen molar-refractivity contribution in [1.82, 2.24) is 4.90 Å². The van der Waals surface area contributed by atoms with E-state index in [1.54, 1.807) is 40.9 Å². The van der Waals surface area contributed by atoms with Crippen LogP contribution in [-0.4, -0.2) is 40.9 Å². The lowest BCUT2D eigenvalue weighted by molar-refractivity contribution is -0.133. The summed E-state index contributed by atoms with van der Waals surface area (Å²) in [4.78, 5) is 37.0. The van der Waals surface area contributed by atoms with Gasteiger partial charge in [-0.05, 0) is 39.0 Å². The molecular formula is C16H29N2O4. The maximum absolute atomic E-state index is 12.5. The smallest absolute Gasteiger partial charge is 0.417 e. The Morgan fingerprint density at radius 1 is 1.18 bits per heavy atom. The summed E-state index contributed by atoms with van der Waals surface area (Å²) < 4.78 is 5.25. The van der Waals surface area contributed by atoms with Crippen LogP contribution in [0.25, 0.3) is 0 Å². The van der Waals surface area contributed by atoms with E-state index in [2.05, 4.69) is 0 Å². The van der Waals surface area contributed by atoms with Crippen molar-refractivity contribution in [2.75, 3.05) is 0 Å². The third kappa shape index (κ3) is 6.56. The molecule has 2 amide bonds. The van der Waals surface area contributed by atoms with Gasteiger partial charge in [-0.2, -0.15) is 0 Å². The van der Waals surface area contributed by atoms with Crippen LogP contribution >= 0.6 is 0 Å². The molecule has 127 valence electrons. The number of ether oxygens (including phenoxy) is 1. The fourth-order valence-electron chi connectivity index (χ4n) is 1.78. The fourth-order valence-corrected chi connectivity index (χ4v) is 1.78. The number of carbonyl (C=O) groups is 2. The lowest BCUT2D eigenvalue weighted by Crippen LogP contribution is -2.55. The third-order valence-corrected chi connectivity index (χ3v) is 2.97. The van der Waals surface area contributed by atoms with Crippen LogP contribution in [0.3, 0.4) is 0 Å². The predicted octanol–water partition coefficient (Wildman–Crippen LogP) is 2.26. The van der Waals surface area contributed by atoms with E-state index in [1.807, 2.05) is 13.8 Å². The van der Waals surface area contributed by atoms with Crippen LogP contribution in [0.1, 0.15) is 54.9 Å². The van der Waals surface area contributed by atoms with E-state index in [0.717, 1.165) is 4.90 Å². The minimum atomic E-state index is -0.993. The van der Waals surface area contributed by atoms with Crippen LogP contribution < -0.4 is 5.73 Å². The molecule has 0 bridgehead atoms. The minimum Gasteiger partial charge on any atom is -0.443 e. The average molecular weight is 313 g/mol. The minimum absolute atomic E-state index is 0.111. The average Bonchev–Trinajstić information content (AvgIpc) is 2.33. The van der Waals surface area contributed by atoms with Gasteiger partial charge in [0.1, 0.15) is 11.6 Å². The number of hydrogen-bond acceptors (Lipinski definition) is 5. The van der Waals surface area contributed by atoms with Gasteiger partial charge in [-0.1, -0.05) is 27.7 Å². The lowest BCUT2D eigenvalue weighted by Gasteiger charge is -2.32. The highest BCUT2D eigenvalue weighted by molar-refractivity contribution is 5.97. The number of rotatable bonds is 6. The molecule has 0 aliphatic heterocycles. The van der Waals surface area contributed by atoms with Crippen LogP contribution in [0.4, 0.5) is 4.79 Å². The van der Waals surface area contributed by atoms with Gasteiger partial charge < -0.3 is 10.5 Å². The van der Waals surface area contributed by atoms with Gasteiger partial charge in [-0.3, -0.25) is 9.59 Å². The molecule has 2 atom stereocenters. The van der Waals surface area contributed by atoms with Gasteiger partial charge in [0.05, 0.1) is 6.04 Å². The summed E-state index contributed by atoms with van der Waals surface area (Å²) in [7, 11) is 0. The van der Waals surface area contributed by atoms with Gasteiger partial charge >= 0.3 is 6.09 Å². The molecule has 6 nitrogen and oxygen atoms in total.